The number of piperidine rings is 1. The van der Waals surface area contributed by atoms with Crippen molar-refractivity contribution in [3.63, 3.8) is 0 Å². The second kappa shape index (κ2) is 5.72. The molecule has 0 bridgehead atoms. The summed E-state index contributed by atoms with van der Waals surface area (Å²) in [6.45, 7) is 3.54. The van der Waals surface area contributed by atoms with Crippen LogP contribution in [0.2, 0.25) is 0 Å². The molecule has 120 valence electrons. The van der Waals surface area contributed by atoms with Crippen LogP contribution >= 0.6 is 0 Å². The summed E-state index contributed by atoms with van der Waals surface area (Å²) in [6, 6.07) is 1.29. The maximum Gasteiger partial charge on any atom is 0.272 e. The first-order valence-corrected chi connectivity index (χ1v) is 7.78. The van der Waals surface area contributed by atoms with Crippen molar-refractivity contribution in [1.29, 1.82) is 0 Å². The first kappa shape index (κ1) is 15.0. The molecular weight excluding hydrogens is 282 g/mol. The van der Waals surface area contributed by atoms with Crippen molar-refractivity contribution in [1.82, 2.24) is 20.2 Å². The number of nitrogens with zero attached hydrogens (tertiary/aromatic N) is 3. The number of H-pyrrole nitrogens is 1. The number of aromatic amines is 1. The zero-order valence-corrected chi connectivity index (χ0v) is 13.2. The molecular formula is C15H23N5O2. The zero-order chi connectivity index (χ0) is 15.7. The molecule has 1 atom stereocenters. The molecule has 7 nitrogen and oxygen atoms in total. The van der Waals surface area contributed by atoms with Crippen LogP contribution in [0.5, 0.6) is 0 Å². The Labute approximate surface area is 129 Å². The van der Waals surface area contributed by atoms with Gasteiger partial charge in [-0.2, -0.15) is 0 Å². The summed E-state index contributed by atoms with van der Waals surface area (Å²) >= 11 is 0. The Morgan fingerprint density at radius 3 is 2.91 bits per heavy atom. The minimum Gasteiger partial charge on any atom is -0.348 e. The van der Waals surface area contributed by atoms with Crippen molar-refractivity contribution >= 4 is 11.9 Å². The third kappa shape index (κ3) is 2.85. The molecule has 1 amide bonds. The SMILES string of the molecule is CN(C)c1nc(C(=O)N2CCC3(CCCNC3)C2)cc(=O)[nH]1. The number of carbonyl (C=O) groups excluding carboxylic acids is 1. The number of carbonyl (C=O) groups is 1. The Balaban J connectivity index is 1.79. The Hall–Kier alpha value is -1.89. The summed E-state index contributed by atoms with van der Waals surface area (Å²) in [4.78, 5) is 34.8. The summed E-state index contributed by atoms with van der Waals surface area (Å²) in [5, 5.41) is 3.43. The van der Waals surface area contributed by atoms with E-state index in [-0.39, 0.29) is 22.6 Å². The van der Waals surface area contributed by atoms with E-state index < -0.39 is 0 Å². The third-order valence-corrected chi connectivity index (χ3v) is 4.66. The van der Waals surface area contributed by atoms with Gasteiger partial charge in [0.05, 0.1) is 0 Å². The number of hydrogen-bond acceptors (Lipinski definition) is 5. The highest BCUT2D eigenvalue weighted by Gasteiger charge is 2.41. The quantitative estimate of drug-likeness (QED) is 0.807. The second-order valence-electron chi connectivity index (χ2n) is 6.61. The molecule has 3 heterocycles. The predicted molar refractivity (Wildman–Crippen MR) is 84.2 cm³/mol. The highest BCUT2D eigenvalue weighted by molar-refractivity contribution is 5.92. The van der Waals surface area contributed by atoms with Gasteiger partial charge in [-0.25, -0.2) is 4.98 Å². The molecule has 1 spiro atoms. The fourth-order valence-electron chi connectivity index (χ4n) is 3.42. The topological polar surface area (TPSA) is 81.3 Å². The lowest BCUT2D eigenvalue weighted by molar-refractivity contribution is 0.0758. The van der Waals surface area contributed by atoms with Crippen molar-refractivity contribution < 1.29 is 4.79 Å². The molecule has 3 rings (SSSR count). The van der Waals surface area contributed by atoms with Crippen molar-refractivity contribution in [2.24, 2.45) is 5.41 Å². The molecule has 2 saturated heterocycles. The highest BCUT2D eigenvalue weighted by Crippen LogP contribution is 2.36. The monoisotopic (exact) mass is 305 g/mol. The number of hydrogen-bond donors (Lipinski definition) is 2. The number of amides is 1. The van der Waals surface area contributed by atoms with Gasteiger partial charge in [0.1, 0.15) is 5.69 Å². The van der Waals surface area contributed by atoms with Crippen LogP contribution in [0, 0.1) is 5.41 Å². The Bertz CT molecular complexity index is 619. The maximum absolute atomic E-state index is 12.7. The standard InChI is InChI=1S/C15H23N5O2/c1-19(2)14-17-11(8-12(21)18-14)13(22)20-7-5-15(10-20)4-3-6-16-9-15/h8,16H,3-7,9-10H2,1-2H3,(H,17,18,21). The average molecular weight is 305 g/mol. The summed E-state index contributed by atoms with van der Waals surface area (Å²) in [5.74, 6) is 0.265. The van der Waals surface area contributed by atoms with Gasteiger partial charge in [0, 0.05) is 45.2 Å². The molecule has 0 radical (unpaired) electrons. The van der Waals surface area contributed by atoms with Crippen LogP contribution in [0.1, 0.15) is 29.8 Å². The molecule has 2 aliphatic rings. The van der Waals surface area contributed by atoms with E-state index in [1.165, 1.54) is 6.07 Å². The molecule has 1 aromatic rings. The van der Waals surface area contributed by atoms with Crippen LogP contribution in [-0.4, -0.2) is 61.0 Å². The molecule has 2 aliphatic heterocycles. The van der Waals surface area contributed by atoms with E-state index in [2.05, 4.69) is 15.3 Å². The number of nitrogens with one attached hydrogen (secondary N) is 2. The Morgan fingerprint density at radius 1 is 1.41 bits per heavy atom. The summed E-state index contributed by atoms with van der Waals surface area (Å²) in [6.07, 6.45) is 3.35. The molecule has 0 saturated carbocycles. The lowest BCUT2D eigenvalue weighted by Crippen LogP contribution is -2.42. The third-order valence-electron chi connectivity index (χ3n) is 4.66. The van der Waals surface area contributed by atoms with E-state index >= 15 is 0 Å². The summed E-state index contributed by atoms with van der Waals surface area (Å²) < 4.78 is 0. The number of aromatic nitrogens is 2. The van der Waals surface area contributed by atoms with E-state index in [4.69, 9.17) is 0 Å². The number of rotatable bonds is 2. The van der Waals surface area contributed by atoms with Gasteiger partial charge in [0.2, 0.25) is 5.95 Å². The van der Waals surface area contributed by atoms with E-state index in [9.17, 15) is 9.59 Å². The average Bonchev–Trinajstić information content (AvgIpc) is 2.90. The Kier molecular flexibility index (Phi) is 3.90. The lowest BCUT2D eigenvalue weighted by atomic mass is 9.80. The van der Waals surface area contributed by atoms with Gasteiger partial charge in [-0.15, -0.1) is 0 Å². The van der Waals surface area contributed by atoms with Gasteiger partial charge in [0.25, 0.3) is 11.5 Å². The molecule has 1 aromatic heterocycles. The fraction of sp³-hybridized carbons (Fsp3) is 0.667. The van der Waals surface area contributed by atoms with Gasteiger partial charge in [-0.1, -0.05) is 0 Å². The number of likely N-dealkylation sites (tertiary alicyclic amines) is 1. The second-order valence-corrected chi connectivity index (χ2v) is 6.61. The zero-order valence-electron chi connectivity index (χ0n) is 13.2. The highest BCUT2D eigenvalue weighted by atomic mass is 16.2. The minimum absolute atomic E-state index is 0.142. The molecule has 1 unspecified atom stereocenters. The van der Waals surface area contributed by atoms with Crippen LogP contribution in [-0.2, 0) is 0 Å². The molecule has 7 heteroatoms. The van der Waals surface area contributed by atoms with Crippen LogP contribution in [0.15, 0.2) is 10.9 Å². The molecule has 2 fully saturated rings. The van der Waals surface area contributed by atoms with Crippen molar-refractivity contribution in [3.8, 4) is 0 Å². The van der Waals surface area contributed by atoms with Gasteiger partial charge in [-0.05, 0) is 25.8 Å². The van der Waals surface area contributed by atoms with Crippen LogP contribution < -0.4 is 15.8 Å². The molecule has 0 aliphatic carbocycles. The first-order valence-electron chi connectivity index (χ1n) is 7.78. The number of anilines is 1. The molecule has 0 aromatic carbocycles. The van der Waals surface area contributed by atoms with Crippen LogP contribution in [0.25, 0.3) is 0 Å². The van der Waals surface area contributed by atoms with E-state index in [0.717, 1.165) is 45.4 Å². The predicted octanol–water partition coefficient (Wildman–Crippen LogP) is 0.0516. The first-order chi connectivity index (χ1) is 10.5. The maximum atomic E-state index is 12.7. The van der Waals surface area contributed by atoms with Gasteiger partial charge in [-0.3, -0.25) is 14.6 Å². The van der Waals surface area contributed by atoms with Gasteiger partial charge >= 0.3 is 0 Å². The fourth-order valence-corrected chi connectivity index (χ4v) is 3.42. The Morgan fingerprint density at radius 2 is 2.23 bits per heavy atom. The lowest BCUT2D eigenvalue weighted by Gasteiger charge is -2.33. The van der Waals surface area contributed by atoms with Crippen molar-refractivity contribution in [2.75, 3.05) is 45.2 Å². The van der Waals surface area contributed by atoms with Crippen LogP contribution in [0.4, 0.5) is 5.95 Å². The molecule has 2 N–H and O–H groups in total. The van der Waals surface area contributed by atoms with Crippen molar-refractivity contribution in [3.05, 3.63) is 22.1 Å². The normalized spacial score (nSPS) is 24.7. The van der Waals surface area contributed by atoms with Crippen LogP contribution in [0.3, 0.4) is 0 Å². The van der Waals surface area contributed by atoms with E-state index in [1.54, 1.807) is 19.0 Å². The summed E-state index contributed by atoms with van der Waals surface area (Å²) in [5.41, 5.74) is 0.142. The largest absolute Gasteiger partial charge is 0.348 e. The van der Waals surface area contributed by atoms with Crippen molar-refractivity contribution in [2.45, 2.75) is 19.3 Å². The van der Waals surface area contributed by atoms with E-state index in [0.29, 0.717) is 5.95 Å². The minimum atomic E-state index is -0.296. The smallest absolute Gasteiger partial charge is 0.272 e. The van der Waals surface area contributed by atoms with Gasteiger partial charge < -0.3 is 15.1 Å². The van der Waals surface area contributed by atoms with Gasteiger partial charge in [0.15, 0.2) is 0 Å². The summed E-state index contributed by atoms with van der Waals surface area (Å²) in [7, 11) is 3.57. The molecule has 22 heavy (non-hydrogen) atoms. The van der Waals surface area contributed by atoms with E-state index in [1.807, 2.05) is 4.90 Å².